The summed E-state index contributed by atoms with van der Waals surface area (Å²) in [5.41, 5.74) is 0. The second-order valence-electron chi connectivity index (χ2n) is 0.816. The molecule has 0 aliphatic heterocycles. The Balaban J connectivity index is -0.0000000457. The van der Waals surface area contributed by atoms with Gasteiger partial charge in [-0.15, -0.1) is 0 Å². The quantitative estimate of drug-likeness (QED) is 0.247. The van der Waals surface area contributed by atoms with Crippen LogP contribution in [0.3, 0.4) is 0 Å². The van der Waals surface area contributed by atoms with Gasteiger partial charge >= 0.3 is 40.4 Å². The van der Waals surface area contributed by atoms with Crippen molar-refractivity contribution in [3.05, 3.63) is 0 Å². The van der Waals surface area contributed by atoms with Gasteiger partial charge in [-0.3, -0.25) is 16.8 Å². The Hall–Kier alpha value is 1.03. The van der Waals surface area contributed by atoms with E-state index >= 15 is 0 Å². The summed E-state index contributed by atoms with van der Waals surface area (Å²) >= 11 is 0. The maximum absolute atomic E-state index is 8.52. The minimum atomic E-state index is -5.17. The first kappa shape index (κ1) is 23.1. The minimum absolute atomic E-state index is 0. The molecular formula is NiO8S2Sn. The zero-order chi connectivity index (χ0) is 9.00. The van der Waals surface area contributed by atoms with Crippen LogP contribution >= 0.6 is 0 Å². The van der Waals surface area contributed by atoms with Gasteiger partial charge in [0.1, 0.15) is 0 Å². The van der Waals surface area contributed by atoms with Crippen LogP contribution in [0.2, 0.25) is 0 Å². The molecule has 0 aliphatic carbocycles. The zero-order valence-electron chi connectivity index (χ0n) is 4.90. The standard InChI is InChI=1S/Ni.2H2O4S.Sn/c;2*1-5(2,3)4;/h;2*(H2,1,2,3,4);/q+2;;;+2/p-4. The van der Waals surface area contributed by atoms with Crippen LogP contribution in [0.25, 0.3) is 0 Å². The van der Waals surface area contributed by atoms with E-state index in [2.05, 4.69) is 0 Å². The van der Waals surface area contributed by atoms with Crippen molar-refractivity contribution in [2.75, 3.05) is 0 Å². The summed E-state index contributed by atoms with van der Waals surface area (Å²) in [4.78, 5) is 0. The van der Waals surface area contributed by atoms with Crippen molar-refractivity contribution in [3.63, 3.8) is 0 Å². The summed E-state index contributed by atoms with van der Waals surface area (Å²) in [5.74, 6) is 0. The Morgan fingerprint density at radius 2 is 0.667 bits per heavy atom. The van der Waals surface area contributed by atoms with Gasteiger partial charge in [0, 0.05) is 20.8 Å². The minimum Gasteiger partial charge on any atom is -0.759 e. The van der Waals surface area contributed by atoms with Crippen LogP contribution in [0, 0.1) is 0 Å². The molecule has 0 aliphatic rings. The fourth-order valence-corrected chi connectivity index (χ4v) is 0. The number of hydrogen-bond donors (Lipinski definition) is 0. The van der Waals surface area contributed by atoms with Gasteiger partial charge in [-0.05, 0) is 0 Å². The van der Waals surface area contributed by atoms with E-state index in [1.54, 1.807) is 0 Å². The van der Waals surface area contributed by atoms with Crippen molar-refractivity contribution in [2.45, 2.75) is 0 Å². The fraction of sp³-hybridized carbons (Fsp3) is 0. The summed E-state index contributed by atoms with van der Waals surface area (Å²) in [6.07, 6.45) is 0. The second-order valence-corrected chi connectivity index (χ2v) is 2.45. The van der Waals surface area contributed by atoms with Gasteiger partial charge < -0.3 is 18.2 Å². The van der Waals surface area contributed by atoms with Crippen molar-refractivity contribution >= 4 is 44.7 Å². The molecule has 0 bridgehead atoms. The molecule has 0 atom stereocenters. The van der Waals surface area contributed by atoms with Crippen molar-refractivity contribution in [2.24, 2.45) is 0 Å². The van der Waals surface area contributed by atoms with Crippen molar-refractivity contribution in [1.29, 1.82) is 0 Å². The third-order valence-electron chi connectivity index (χ3n) is 0. The van der Waals surface area contributed by atoms with Crippen molar-refractivity contribution < 1.29 is 51.5 Å². The van der Waals surface area contributed by atoms with Crippen LogP contribution in [0.5, 0.6) is 0 Å². The van der Waals surface area contributed by atoms with E-state index < -0.39 is 20.8 Å². The normalized spacial score (nSPS) is 9.67. The smallest absolute Gasteiger partial charge is 0.759 e. The van der Waals surface area contributed by atoms with Crippen LogP contribution < -0.4 is 0 Å². The first-order valence-electron chi connectivity index (χ1n) is 1.33. The van der Waals surface area contributed by atoms with Gasteiger partial charge in [0.2, 0.25) is 0 Å². The zero-order valence-corrected chi connectivity index (χ0v) is 10.4. The maximum Gasteiger partial charge on any atom is 2.00 e. The Morgan fingerprint density at radius 3 is 0.667 bits per heavy atom. The molecule has 0 rings (SSSR count). The summed E-state index contributed by atoms with van der Waals surface area (Å²) in [6, 6.07) is 0. The SMILES string of the molecule is O=S(=O)([O-])[O-].O=S(=O)([O-])[O-].[Ni+2].[Sn+2]. The number of rotatable bonds is 0. The first-order chi connectivity index (χ1) is 4.00. The topological polar surface area (TPSA) is 161 Å². The molecule has 2 radical (unpaired) electrons. The molecular weight excluding hydrogens is 370 g/mol. The molecule has 74 valence electrons. The summed E-state index contributed by atoms with van der Waals surface area (Å²) in [7, 11) is -10.3. The summed E-state index contributed by atoms with van der Waals surface area (Å²) in [6.45, 7) is 0. The van der Waals surface area contributed by atoms with Gasteiger partial charge in [-0.1, -0.05) is 0 Å². The van der Waals surface area contributed by atoms with E-state index in [1.807, 2.05) is 0 Å². The van der Waals surface area contributed by atoms with Gasteiger partial charge in [0.05, 0.1) is 0 Å². The van der Waals surface area contributed by atoms with E-state index in [4.69, 9.17) is 35.0 Å². The molecule has 8 nitrogen and oxygen atoms in total. The predicted molar refractivity (Wildman–Crippen MR) is 26.7 cm³/mol. The van der Waals surface area contributed by atoms with Crippen LogP contribution in [-0.4, -0.2) is 59.0 Å². The van der Waals surface area contributed by atoms with E-state index in [1.165, 1.54) is 0 Å². The first-order valence-corrected chi connectivity index (χ1v) is 4.00. The largest absolute Gasteiger partial charge is 2.00 e. The molecule has 0 aromatic heterocycles. The molecule has 0 aromatic rings. The van der Waals surface area contributed by atoms with Crippen LogP contribution in [-0.2, 0) is 37.3 Å². The van der Waals surface area contributed by atoms with E-state index in [0.29, 0.717) is 0 Å². The Morgan fingerprint density at radius 1 is 0.667 bits per heavy atom. The van der Waals surface area contributed by atoms with Crippen molar-refractivity contribution in [3.8, 4) is 0 Å². The van der Waals surface area contributed by atoms with Crippen molar-refractivity contribution in [1.82, 2.24) is 0 Å². The van der Waals surface area contributed by atoms with Gasteiger partial charge in [-0.2, -0.15) is 0 Å². The number of hydrogen-bond acceptors (Lipinski definition) is 8. The van der Waals surface area contributed by atoms with Gasteiger partial charge in [-0.25, -0.2) is 0 Å². The van der Waals surface area contributed by atoms with E-state index in [-0.39, 0.29) is 40.4 Å². The van der Waals surface area contributed by atoms with Crippen LogP contribution in [0.1, 0.15) is 0 Å². The van der Waals surface area contributed by atoms with Gasteiger partial charge in [0.25, 0.3) is 0 Å². The Labute approximate surface area is 95.8 Å². The molecule has 0 heterocycles. The molecule has 0 amide bonds. The third-order valence-corrected chi connectivity index (χ3v) is 0. The monoisotopic (exact) mass is 370 g/mol. The Kier molecular flexibility index (Phi) is 16.6. The average molecular weight is 370 g/mol. The molecule has 12 heavy (non-hydrogen) atoms. The Bertz CT molecular complexity index is 213. The molecule has 0 saturated heterocycles. The maximum atomic E-state index is 8.52. The molecule has 0 unspecified atom stereocenters. The molecule has 12 heteroatoms. The molecule has 0 N–H and O–H groups in total. The summed E-state index contributed by atoms with van der Waals surface area (Å²) < 4.78 is 68.2. The van der Waals surface area contributed by atoms with Crippen LogP contribution in [0.15, 0.2) is 0 Å². The molecule has 0 fully saturated rings. The molecule has 0 saturated carbocycles. The average Bonchev–Trinajstić information content (AvgIpc) is 1.12. The second kappa shape index (κ2) is 8.62. The van der Waals surface area contributed by atoms with E-state index in [0.717, 1.165) is 0 Å². The predicted octanol–water partition coefficient (Wildman–Crippen LogP) is -3.06. The van der Waals surface area contributed by atoms with E-state index in [9.17, 15) is 0 Å². The third kappa shape index (κ3) is 1040. The van der Waals surface area contributed by atoms with Gasteiger partial charge in [0.15, 0.2) is 0 Å². The fourth-order valence-electron chi connectivity index (χ4n) is 0. The molecule has 0 spiro atoms. The molecule has 0 aromatic carbocycles. The van der Waals surface area contributed by atoms with Crippen LogP contribution in [0.4, 0.5) is 0 Å². The summed E-state index contributed by atoms with van der Waals surface area (Å²) in [5, 5.41) is 0.